The van der Waals surface area contributed by atoms with Gasteiger partial charge in [0.2, 0.25) is 0 Å². The number of ether oxygens (including phenoxy) is 1. The van der Waals surface area contributed by atoms with Gasteiger partial charge in [-0.1, -0.05) is 18.2 Å². The maximum Gasteiger partial charge on any atom is 0.414 e. The quantitative estimate of drug-likeness (QED) is 0.470. The van der Waals surface area contributed by atoms with Gasteiger partial charge >= 0.3 is 6.09 Å². The summed E-state index contributed by atoms with van der Waals surface area (Å²) in [4.78, 5) is 23.3. The van der Waals surface area contributed by atoms with Crippen LogP contribution in [0.5, 0.6) is 0 Å². The van der Waals surface area contributed by atoms with Crippen LogP contribution in [0.3, 0.4) is 0 Å². The second-order valence-corrected chi connectivity index (χ2v) is 9.42. The number of amides is 1. The average molecular weight is 473 g/mol. The van der Waals surface area contributed by atoms with E-state index in [4.69, 9.17) is 4.74 Å². The Morgan fingerprint density at radius 2 is 1.88 bits per heavy atom. The molecule has 6 nitrogen and oxygen atoms in total. The molecule has 0 saturated heterocycles. The molecule has 180 valence electrons. The van der Waals surface area contributed by atoms with Gasteiger partial charge < -0.3 is 10.1 Å². The predicted octanol–water partition coefficient (Wildman–Crippen LogP) is 6.49. The van der Waals surface area contributed by atoms with E-state index in [9.17, 15) is 18.0 Å². The molecule has 1 aliphatic rings. The maximum atomic E-state index is 14.7. The molecule has 1 amide bonds. The van der Waals surface area contributed by atoms with Gasteiger partial charge in [-0.25, -0.2) is 27.9 Å². The third-order valence-corrected chi connectivity index (χ3v) is 5.63. The minimum Gasteiger partial charge on any atom is -0.443 e. The number of aryl methyl sites for hydroxylation is 1. The molecule has 0 aliphatic carbocycles. The molecule has 1 N–H and O–H groups in total. The molecule has 1 aromatic heterocycles. The second kappa shape index (κ2) is 8.77. The van der Waals surface area contributed by atoms with Gasteiger partial charge in [-0.3, -0.25) is 4.90 Å². The van der Waals surface area contributed by atoms with Crippen molar-refractivity contribution >= 4 is 28.5 Å². The van der Waals surface area contributed by atoms with E-state index in [0.717, 1.165) is 11.6 Å². The van der Waals surface area contributed by atoms with Gasteiger partial charge in [0.15, 0.2) is 0 Å². The minimum atomic E-state index is -2.91. The van der Waals surface area contributed by atoms with Crippen LogP contribution in [0.4, 0.5) is 29.5 Å². The first-order valence-corrected chi connectivity index (χ1v) is 11.1. The standard InChI is InChI=1S/C25H27F3N4O2/c1-13(16-7-6-8-17(21(16)26)22(27)28)29-23-18-12-20-15(11-19(18)30-14(2)31-23)9-10-32(20)24(33)34-25(3,4)5/h6-8,11-13,22H,9-10H2,1-5H3,(H,29,30,31)/t13-/m1/s1. The number of carbonyl (C=O) groups excluding carboxylic acids is 1. The number of rotatable bonds is 4. The van der Waals surface area contributed by atoms with Crippen LogP contribution in [0.1, 0.15) is 62.7 Å². The van der Waals surface area contributed by atoms with E-state index in [1.54, 1.807) is 18.7 Å². The molecule has 1 atom stereocenters. The summed E-state index contributed by atoms with van der Waals surface area (Å²) in [6.07, 6.45) is -2.68. The van der Waals surface area contributed by atoms with Crippen LogP contribution in [0.15, 0.2) is 30.3 Å². The highest BCUT2D eigenvalue weighted by Crippen LogP contribution is 2.36. The lowest BCUT2D eigenvalue weighted by atomic mass is 10.0. The van der Waals surface area contributed by atoms with E-state index in [1.807, 2.05) is 32.9 Å². The smallest absolute Gasteiger partial charge is 0.414 e. The molecule has 0 radical (unpaired) electrons. The van der Waals surface area contributed by atoms with Crippen molar-refractivity contribution in [2.45, 2.75) is 59.1 Å². The largest absolute Gasteiger partial charge is 0.443 e. The highest BCUT2D eigenvalue weighted by Gasteiger charge is 2.30. The number of alkyl halides is 2. The maximum absolute atomic E-state index is 14.7. The molecule has 9 heteroatoms. The normalized spacial score (nSPS) is 14.4. The first-order valence-electron chi connectivity index (χ1n) is 11.1. The van der Waals surface area contributed by atoms with Crippen molar-refractivity contribution in [1.82, 2.24) is 9.97 Å². The van der Waals surface area contributed by atoms with Gasteiger partial charge in [0, 0.05) is 17.5 Å². The van der Waals surface area contributed by atoms with Gasteiger partial charge in [-0.05, 0) is 58.7 Å². The molecule has 0 unspecified atom stereocenters. The van der Waals surface area contributed by atoms with Crippen LogP contribution in [0.2, 0.25) is 0 Å². The van der Waals surface area contributed by atoms with Crippen molar-refractivity contribution in [1.29, 1.82) is 0 Å². The summed E-state index contributed by atoms with van der Waals surface area (Å²) in [5, 5.41) is 3.79. The number of anilines is 2. The number of fused-ring (bicyclic) bond motifs is 2. The van der Waals surface area contributed by atoms with E-state index in [1.165, 1.54) is 12.1 Å². The first kappa shape index (κ1) is 23.8. The Balaban J connectivity index is 1.72. The van der Waals surface area contributed by atoms with E-state index >= 15 is 0 Å². The molecule has 0 spiro atoms. The number of nitrogens with zero attached hydrogens (tertiary/aromatic N) is 3. The van der Waals surface area contributed by atoms with E-state index in [-0.39, 0.29) is 5.56 Å². The molecule has 2 aromatic carbocycles. The third kappa shape index (κ3) is 4.64. The Labute approximate surface area is 196 Å². The fourth-order valence-corrected chi connectivity index (χ4v) is 4.10. The zero-order valence-electron chi connectivity index (χ0n) is 19.7. The molecule has 1 aliphatic heterocycles. The van der Waals surface area contributed by atoms with Gasteiger partial charge in [-0.15, -0.1) is 0 Å². The lowest BCUT2D eigenvalue weighted by molar-refractivity contribution is 0.0584. The van der Waals surface area contributed by atoms with Crippen LogP contribution in [0.25, 0.3) is 10.9 Å². The van der Waals surface area contributed by atoms with Crippen LogP contribution in [0, 0.1) is 12.7 Å². The highest BCUT2D eigenvalue weighted by atomic mass is 19.3. The molecular weight excluding hydrogens is 445 g/mol. The third-order valence-electron chi connectivity index (χ3n) is 5.63. The van der Waals surface area contributed by atoms with Crippen molar-refractivity contribution in [2.24, 2.45) is 0 Å². The van der Waals surface area contributed by atoms with E-state index in [0.29, 0.717) is 41.2 Å². The topological polar surface area (TPSA) is 67.4 Å². The number of aromatic nitrogens is 2. The summed E-state index contributed by atoms with van der Waals surface area (Å²) in [6, 6.07) is 7.05. The van der Waals surface area contributed by atoms with Crippen molar-refractivity contribution in [3.63, 3.8) is 0 Å². The Morgan fingerprint density at radius 3 is 2.56 bits per heavy atom. The van der Waals surface area contributed by atoms with Crippen molar-refractivity contribution in [2.75, 3.05) is 16.8 Å². The average Bonchev–Trinajstić information content (AvgIpc) is 3.14. The summed E-state index contributed by atoms with van der Waals surface area (Å²) < 4.78 is 46.6. The molecule has 0 fully saturated rings. The number of hydrogen-bond acceptors (Lipinski definition) is 5. The molecule has 2 heterocycles. The van der Waals surface area contributed by atoms with Crippen LogP contribution < -0.4 is 10.2 Å². The second-order valence-electron chi connectivity index (χ2n) is 9.42. The number of nitrogens with one attached hydrogen (secondary N) is 1. The Kier molecular flexibility index (Phi) is 6.14. The fraction of sp³-hybridized carbons (Fsp3) is 0.400. The lowest BCUT2D eigenvalue weighted by Gasteiger charge is -2.25. The van der Waals surface area contributed by atoms with Gasteiger partial charge in [0.05, 0.1) is 22.8 Å². The number of carbonyl (C=O) groups is 1. The van der Waals surface area contributed by atoms with Crippen molar-refractivity contribution in [3.8, 4) is 0 Å². The number of benzene rings is 2. The van der Waals surface area contributed by atoms with Crippen LogP contribution >= 0.6 is 0 Å². The Morgan fingerprint density at radius 1 is 1.18 bits per heavy atom. The Hall–Kier alpha value is -3.36. The monoisotopic (exact) mass is 472 g/mol. The zero-order valence-corrected chi connectivity index (χ0v) is 19.7. The molecule has 3 aromatic rings. The van der Waals surface area contributed by atoms with Gasteiger partial charge in [0.1, 0.15) is 23.1 Å². The van der Waals surface area contributed by atoms with Gasteiger partial charge in [0.25, 0.3) is 6.43 Å². The number of halogens is 3. The summed E-state index contributed by atoms with van der Waals surface area (Å²) >= 11 is 0. The van der Waals surface area contributed by atoms with E-state index < -0.39 is 35.5 Å². The van der Waals surface area contributed by atoms with Crippen LogP contribution in [-0.2, 0) is 11.2 Å². The summed E-state index contributed by atoms with van der Waals surface area (Å²) in [5.74, 6) is -0.00814. The van der Waals surface area contributed by atoms with Crippen LogP contribution in [-0.4, -0.2) is 28.2 Å². The predicted molar refractivity (Wildman–Crippen MR) is 125 cm³/mol. The van der Waals surface area contributed by atoms with Gasteiger partial charge in [-0.2, -0.15) is 0 Å². The van der Waals surface area contributed by atoms with Crippen molar-refractivity contribution < 1.29 is 22.7 Å². The highest BCUT2D eigenvalue weighted by molar-refractivity contribution is 5.98. The summed E-state index contributed by atoms with van der Waals surface area (Å²) in [7, 11) is 0. The summed E-state index contributed by atoms with van der Waals surface area (Å²) in [5.41, 5.74) is 1.19. The number of hydrogen-bond donors (Lipinski definition) is 1. The Bertz CT molecular complexity index is 1260. The summed E-state index contributed by atoms with van der Waals surface area (Å²) in [6.45, 7) is 9.34. The molecule has 0 bridgehead atoms. The molecule has 0 saturated carbocycles. The van der Waals surface area contributed by atoms with E-state index in [2.05, 4.69) is 15.3 Å². The molecule has 4 rings (SSSR count). The molecule has 34 heavy (non-hydrogen) atoms. The zero-order chi connectivity index (χ0) is 24.8. The lowest BCUT2D eigenvalue weighted by Crippen LogP contribution is -2.35. The fourth-order valence-electron chi connectivity index (χ4n) is 4.10. The SMILES string of the molecule is Cc1nc(N[C@H](C)c2cccc(C(F)F)c2F)c2cc3c(cc2n1)CCN3C(=O)OC(C)(C)C. The van der Waals surface area contributed by atoms with Crippen molar-refractivity contribution in [3.05, 3.63) is 58.7 Å². The molecular formula is C25H27F3N4O2. The minimum absolute atomic E-state index is 0.110. The first-order chi connectivity index (χ1) is 15.9.